The molecule has 1 N–H and O–H groups in total. The maximum atomic E-state index is 5.96. The van der Waals surface area contributed by atoms with E-state index in [1.165, 1.54) is 11.3 Å². The number of nitrogens with one attached hydrogen (secondary N) is 1. The topological polar surface area (TPSA) is 42.8 Å². The predicted molar refractivity (Wildman–Crippen MR) is 74.7 cm³/mol. The highest BCUT2D eigenvalue weighted by atomic mass is 35.5. The fourth-order valence-corrected chi connectivity index (χ4v) is 3.35. The molecule has 3 rings (SSSR count). The molecule has 1 atom stereocenters. The Morgan fingerprint density at radius 1 is 1.61 bits per heavy atom. The van der Waals surface area contributed by atoms with Gasteiger partial charge < -0.3 is 4.74 Å². The van der Waals surface area contributed by atoms with E-state index in [1.54, 1.807) is 0 Å². The lowest BCUT2D eigenvalue weighted by Gasteiger charge is -2.11. The van der Waals surface area contributed by atoms with Gasteiger partial charge in [0.05, 0.1) is 21.9 Å². The first-order valence-electron chi connectivity index (χ1n) is 5.76. The summed E-state index contributed by atoms with van der Waals surface area (Å²) in [5, 5.41) is 7.13. The summed E-state index contributed by atoms with van der Waals surface area (Å²) in [6.45, 7) is 1.59. The summed E-state index contributed by atoms with van der Waals surface area (Å²) in [5.41, 5.74) is 0. The monoisotopic (exact) mass is 301 g/mol. The number of H-pyrrole nitrogens is 1. The van der Waals surface area contributed by atoms with Crippen LogP contribution in [0.2, 0.25) is 4.34 Å². The van der Waals surface area contributed by atoms with Crippen molar-refractivity contribution in [2.24, 2.45) is 0 Å². The van der Waals surface area contributed by atoms with Gasteiger partial charge in [0.25, 0.3) is 0 Å². The van der Waals surface area contributed by atoms with E-state index < -0.39 is 0 Å². The van der Waals surface area contributed by atoms with Gasteiger partial charge in [0.1, 0.15) is 0 Å². The molecule has 0 saturated carbocycles. The van der Waals surface area contributed by atoms with Gasteiger partial charge in [0, 0.05) is 6.61 Å². The SMILES string of the molecule is S=c1[nH]nc(-c2ccc(Cl)s2)n1CC1CCCO1. The van der Waals surface area contributed by atoms with Crippen LogP contribution in [0.5, 0.6) is 0 Å². The lowest BCUT2D eigenvalue weighted by Crippen LogP contribution is -2.15. The summed E-state index contributed by atoms with van der Waals surface area (Å²) in [5.74, 6) is 0.840. The van der Waals surface area contributed by atoms with E-state index in [0.29, 0.717) is 4.77 Å². The Morgan fingerprint density at radius 2 is 2.50 bits per heavy atom. The second-order valence-electron chi connectivity index (χ2n) is 4.20. The Hall–Kier alpha value is -0.690. The molecule has 4 nitrogen and oxygen atoms in total. The normalized spacial score (nSPS) is 19.5. The number of aromatic nitrogens is 3. The molecule has 18 heavy (non-hydrogen) atoms. The minimum atomic E-state index is 0.239. The molecule has 2 aromatic heterocycles. The number of ether oxygens (including phenoxy) is 1. The van der Waals surface area contributed by atoms with Crippen molar-refractivity contribution in [3.8, 4) is 10.7 Å². The zero-order valence-electron chi connectivity index (χ0n) is 9.56. The fraction of sp³-hybridized carbons (Fsp3) is 0.455. The first kappa shape index (κ1) is 12.3. The molecule has 0 bridgehead atoms. The Labute approximate surface area is 119 Å². The van der Waals surface area contributed by atoms with Crippen LogP contribution in [-0.4, -0.2) is 27.5 Å². The third-order valence-electron chi connectivity index (χ3n) is 2.96. The number of nitrogens with zero attached hydrogens (tertiary/aromatic N) is 2. The maximum Gasteiger partial charge on any atom is 0.195 e. The fourth-order valence-electron chi connectivity index (χ4n) is 2.10. The highest BCUT2D eigenvalue weighted by molar-refractivity contribution is 7.71. The van der Waals surface area contributed by atoms with E-state index in [4.69, 9.17) is 28.6 Å². The van der Waals surface area contributed by atoms with E-state index in [2.05, 4.69) is 10.2 Å². The molecule has 1 aliphatic heterocycles. The second kappa shape index (κ2) is 5.13. The van der Waals surface area contributed by atoms with Crippen LogP contribution in [0.4, 0.5) is 0 Å². The lowest BCUT2D eigenvalue weighted by atomic mass is 10.2. The van der Waals surface area contributed by atoms with Gasteiger partial charge in [-0.1, -0.05) is 11.6 Å². The van der Waals surface area contributed by atoms with Gasteiger partial charge in [-0.3, -0.25) is 9.67 Å². The molecule has 0 spiro atoms. The number of hydrogen-bond donors (Lipinski definition) is 1. The van der Waals surface area contributed by atoms with E-state index in [0.717, 1.165) is 41.0 Å². The van der Waals surface area contributed by atoms with E-state index in [-0.39, 0.29) is 6.10 Å². The number of thiophene rings is 1. The van der Waals surface area contributed by atoms with Crippen LogP contribution in [0.15, 0.2) is 12.1 Å². The first-order valence-corrected chi connectivity index (χ1v) is 7.37. The van der Waals surface area contributed by atoms with Gasteiger partial charge in [-0.05, 0) is 37.2 Å². The van der Waals surface area contributed by atoms with E-state index in [1.807, 2.05) is 16.7 Å². The summed E-state index contributed by atoms with van der Waals surface area (Å²) in [4.78, 5) is 1.02. The van der Waals surface area contributed by atoms with Crippen molar-refractivity contribution in [3.63, 3.8) is 0 Å². The van der Waals surface area contributed by atoms with Crippen LogP contribution in [0.1, 0.15) is 12.8 Å². The number of halogens is 1. The Morgan fingerprint density at radius 3 is 3.17 bits per heavy atom. The predicted octanol–water partition coefficient (Wildman–Crippen LogP) is 3.50. The van der Waals surface area contributed by atoms with Crippen molar-refractivity contribution in [3.05, 3.63) is 21.2 Å². The van der Waals surface area contributed by atoms with Gasteiger partial charge in [0.2, 0.25) is 0 Å². The minimum Gasteiger partial charge on any atom is -0.376 e. The summed E-state index contributed by atoms with van der Waals surface area (Å²) in [7, 11) is 0. The van der Waals surface area contributed by atoms with Crippen LogP contribution in [0.25, 0.3) is 10.7 Å². The van der Waals surface area contributed by atoms with Gasteiger partial charge in [-0.2, -0.15) is 5.10 Å². The zero-order valence-corrected chi connectivity index (χ0v) is 11.9. The van der Waals surface area contributed by atoms with E-state index >= 15 is 0 Å². The molecule has 1 fully saturated rings. The zero-order chi connectivity index (χ0) is 12.5. The molecule has 2 aromatic rings. The van der Waals surface area contributed by atoms with Gasteiger partial charge in [-0.15, -0.1) is 11.3 Å². The van der Waals surface area contributed by atoms with Gasteiger partial charge in [-0.25, -0.2) is 0 Å². The summed E-state index contributed by atoms with van der Waals surface area (Å²) in [6, 6.07) is 3.83. The van der Waals surface area contributed by atoms with Crippen molar-refractivity contribution >= 4 is 35.2 Å². The minimum absolute atomic E-state index is 0.239. The van der Waals surface area contributed by atoms with E-state index in [9.17, 15) is 0 Å². The van der Waals surface area contributed by atoms with Crippen LogP contribution in [0, 0.1) is 4.77 Å². The molecule has 3 heterocycles. The number of aromatic amines is 1. The summed E-state index contributed by atoms with van der Waals surface area (Å²) >= 11 is 12.7. The molecule has 0 aromatic carbocycles. The number of rotatable bonds is 3. The molecule has 0 radical (unpaired) electrons. The summed E-state index contributed by atoms with van der Waals surface area (Å²) < 4.78 is 9.02. The smallest absolute Gasteiger partial charge is 0.195 e. The van der Waals surface area contributed by atoms with Crippen LogP contribution in [-0.2, 0) is 11.3 Å². The molecule has 0 amide bonds. The van der Waals surface area contributed by atoms with Crippen molar-refractivity contribution < 1.29 is 4.74 Å². The van der Waals surface area contributed by atoms with Crippen LogP contribution in [0.3, 0.4) is 0 Å². The first-order chi connectivity index (χ1) is 8.74. The molecule has 1 unspecified atom stereocenters. The average Bonchev–Trinajstić information content (AvgIpc) is 3.04. The molecule has 0 aliphatic carbocycles. The maximum absolute atomic E-state index is 5.96. The third-order valence-corrected chi connectivity index (χ3v) is 4.50. The van der Waals surface area contributed by atoms with Crippen molar-refractivity contribution in [1.82, 2.24) is 14.8 Å². The highest BCUT2D eigenvalue weighted by Gasteiger charge is 2.19. The average molecular weight is 302 g/mol. The second-order valence-corrected chi connectivity index (χ2v) is 6.30. The third kappa shape index (κ3) is 2.38. The van der Waals surface area contributed by atoms with Gasteiger partial charge >= 0.3 is 0 Å². The lowest BCUT2D eigenvalue weighted by molar-refractivity contribution is 0.0970. The van der Waals surface area contributed by atoms with Crippen LogP contribution >= 0.6 is 35.2 Å². The summed E-state index contributed by atoms with van der Waals surface area (Å²) in [6.07, 6.45) is 2.44. The quantitative estimate of drug-likeness (QED) is 0.882. The molecule has 7 heteroatoms. The molecular weight excluding hydrogens is 290 g/mol. The van der Waals surface area contributed by atoms with Crippen molar-refractivity contribution in [1.29, 1.82) is 0 Å². The van der Waals surface area contributed by atoms with Crippen molar-refractivity contribution in [2.75, 3.05) is 6.61 Å². The molecule has 1 saturated heterocycles. The Balaban J connectivity index is 1.93. The highest BCUT2D eigenvalue weighted by Crippen LogP contribution is 2.30. The molecule has 96 valence electrons. The largest absolute Gasteiger partial charge is 0.376 e. The molecular formula is C11H12ClN3OS2. The Bertz CT molecular complexity index is 597. The van der Waals surface area contributed by atoms with Gasteiger partial charge in [0.15, 0.2) is 10.6 Å². The number of hydrogen-bond acceptors (Lipinski definition) is 4. The van der Waals surface area contributed by atoms with Crippen molar-refractivity contribution in [2.45, 2.75) is 25.5 Å². The van der Waals surface area contributed by atoms with Crippen LogP contribution < -0.4 is 0 Å². The Kier molecular flexibility index (Phi) is 3.52. The molecule has 1 aliphatic rings. The standard InChI is InChI=1S/C11H12ClN3OS2/c12-9-4-3-8(18-9)10-13-14-11(17)15(10)6-7-2-1-5-16-7/h3-4,7H,1-2,5-6H2,(H,14,17).